The molecule has 0 saturated carbocycles. The van der Waals surface area contributed by atoms with Crippen LogP contribution in [0.15, 0.2) is 18.3 Å². The molecule has 1 rings (SSSR count). The minimum Gasteiger partial charge on any atom is -0.292 e. The molecule has 0 aliphatic carbocycles. The first-order chi connectivity index (χ1) is 6.15. The highest BCUT2D eigenvalue weighted by Gasteiger charge is 2.13. The lowest BCUT2D eigenvalue weighted by atomic mass is 10.0. The molecule has 0 aliphatic rings. The van der Waals surface area contributed by atoms with Crippen LogP contribution in [0, 0.1) is 11.7 Å². The molecule has 0 fully saturated rings. The number of pyridine rings is 1. The maximum absolute atomic E-state index is 12.5. The summed E-state index contributed by atoms with van der Waals surface area (Å²) in [6.07, 6.45) is 1.84. The van der Waals surface area contributed by atoms with E-state index in [2.05, 4.69) is 4.98 Å². The fourth-order valence-electron chi connectivity index (χ4n) is 0.959. The van der Waals surface area contributed by atoms with E-state index in [9.17, 15) is 9.18 Å². The molecule has 0 radical (unpaired) electrons. The monoisotopic (exact) mass is 181 g/mol. The van der Waals surface area contributed by atoms with E-state index in [4.69, 9.17) is 0 Å². The molecule has 13 heavy (non-hydrogen) atoms. The molecular weight excluding hydrogens is 169 g/mol. The summed E-state index contributed by atoms with van der Waals surface area (Å²) in [5.74, 6) is -0.485. The van der Waals surface area contributed by atoms with Crippen molar-refractivity contribution in [3.05, 3.63) is 29.8 Å². The van der Waals surface area contributed by atoms with Crippen LogP contribution in [0.2, 0.25) is 0 Å². The molecule has 3 heteroatoms. The van der Waals surface area contributed by atoms with E-state index >= 15 is 0 Å². The van der Waals surface area contributed by atoms with E-state index in [1.54, 1.807) is 0 Å². The Morgan fingerprint density at radius 3 is 2.77 bits per heavy atom. The van der Waals surface area contributed by atoms with Gasteiger partial charge in [-0.3, -0.25) is 9.78 Å². The van der Waals surface area contributed by atoms with Crippen molar-refractivity contribution in [3.63, 3.8) is 0 Å². The Bertz CT molecular complexity index is 294. The molecule has 70 valence electrons. The fraction of sp³-hybridized carbons (Fsp3) is 0.400. The van der Waals surface area contributed by atoms with Gasteiger partial charge >= 0.3 is 0 Å². The SMILES string of the molecule is CCC(C)C(=O)c1ccc(F)cn1. The Balaban J connectivity index is 2.83. The van der Waals surface area contributed by atoms with Gasteiger partial charge in [0.05, 0.1) is 6.20 Å². The maximum Gasteiger partial charge on any atom is 0.183 e. The molecule has 1 aromatic rings. The van der Waals surface area contributed by atoms with Gasteiger partial charge in [-0.1, -0.05) is 13.8 Å². The number of Topliss-reactive ketones (excluding diaryl/α,β-unsaturated/α-hetero) is 1. The van der Waals surface area contributed by atoms with E-state index in [1.807, 2.05) is 13.8 Å². The van der Waals surface area contributed by atoms with Crippen molar-refractivity contribution in [2.75, 3.05) is 0 Å². The molecule has 0 bridgehead atoms. The van der Waals surface area contributed by atoms with Gasteiger partial charge in [-0.05, 0) is 18.6 Å². The van der Waals surface area contributed by atoms with E-state index in [0.29, 0.717) is 5.69 Å². The van der Waals surface area contributed by atoms with E-state index in [-0.39, 0.29) is 11.7 Å². The highest BCUT2D eigenvalue weighted by molar-refractivity contribution is 5.95. The Morgan fingerprint density at radius 2 is 2.31 bits per heavy atom. The quantitative estimate of drug-likeness (QED) is 0.670. The molecule has 0 N–H and O–H groups in total. The van der Waals surface area contributed by atoms with Gasteiger partial charge in [-0.15, -0.1) is 0 Å². The number of hydrogen-bond donors (Lipinski definition) is 0. The molecule has 1 atom stereocenters. The number of nitrogens with zero attached hydrogens (tertiary/aromatic N) is 1. The van der Waals surface area contributed by atoms with Gasteiger partial charge in [0.1, 0.15) is 11.5 Å². The van der Waals surface area contributed by atoms with Crippen molar-refractivity contribution in [3.8, 4) is 0 Å². The summed E-state index contributed by atoms with van der Waals surface area (Å²) in [6, 6.07) is 2.67. The average Bonchev–Trinajstić information content (AvgIpc) is 2.17. The predicted octanol–water partition coefficient (Wildman–Crippen LogP) is 2.45. The van der Waals surface area contributed by atoms with Gasteiger partial charge in [0.25, 0.3) is 0 Å². The molecule has 0 aromatic carbocycles. The van der Waals surface area contributed by atoms with Crippen molar-refractivity contribution in [2.45, 2.75) is 20.3 Å². The molecule has 0 aliphatic heterocycles. The Kier molecular flexibility index (Phi) is 3.12. The molecule has 0 saturated heterocycles. The smallest absolute Gasteiger partial charge is 0.183 e. The summed E-state index contributed by atoms with van der Waals surface area (Å²) in [5.41, 5.74) is 0.343. The zero-order valence-corrected chi connectivity index (χ0v) is 7.75. The number of halogens is 1. The van der Waals surface area contributed by atoms with Crippen molar-refractivity contribution in [2.24, 2.45) is 5.92 Å². The largest absolute Gasteiger partial charge is 0.292 e. The number of carbonyl (C=O) groups excluding carboxylic acids is 1. The zero-order chi connectivity index (χ0) is 9.84. The first kappa shape index (κ1) is 9.84. The highest BCUT2D eigenvalue weighted by Crippen LogP contribution is 2.09. The number of carbonyl (C=O) groups is 1. The summed E-state index contributed by atoms with van der Waals surface area (Å²) < 4.78 is 12.5. The number of hydrogen-bond acceptors (Lipinski definition) is 2. The van der Waals surface area contributed by atoms with Crippen LogP contribution in [-0.4, -0.2) is 10.8 Å². The standard InChI is InChI=1S/C10H12FNO/c1-3-7(2)10(13)9-5-4-8(11)6-12-9/h4-7H,3H2,1-2H3. The van der Waals surface area contributed by atoms with Crippen LogP contribution in [0.4, 0.5) is 4.39 Å². The molecule has 0 amide bonds. The van der Waals surface area contributed by atoms with Crippen LogP contribution in [-0.2, 0) is 0 Å². The Hall–Kier alpha value is -1.25. The predicted molar refractivity (Wildman–Crippen MR) is 48.0 cm³/mol. The van der Waals surface area contributed by atoms with E-state index < -0.39 is 5.82 Å². The van der Waals surface area contributed by atoms with Crippen molar-refractivity contribution >= 4 is 5.78 Å². The molecule has 2 nitrogen and oxygen atoms in total. The minimum atomic E-state index is -0.416. The maximum atomic E-state index is 12.5. The molecule has 1 aromatic heterocycles. The molecular formula is C10H12FNO. The third-order valence-electron chi connectivity index (χ3n) is 2.04. The third kappa shape index (κ3) is 2.34. The molecule has 1 heterocycles. The Morgan fingerprint density at radius 1 is 1.62 bits per heavy atom. The number of rotatable bonds is 3. The summed E-state index contributed by atoms with van der Waals surface area (Å²) in [4.78, 5) is 15.2. The second kappa shape index (κ2) is 4.12. The fourth-order valence-corrected chi connectivity index (χ4v) is 0.959. The van der Waals surface area contributed by atoms with Crippen LogP contribution < -0.4 is 0 Å². The Labute approximate surface area is 76.8 Å². The summed E-state index contributed by atoms with van der Waals surface area (Å²) in [6.45, 7) is 3.78. The minimum absolute atomic E-state index is 0.0255. The van der Waals surface area contributed by atoms with E-state index in [0.717, 1.165) is 12.6 Å². The zero-order valence-electron chi connectivity index (χ0n) is 7.75. The summed E-state index contributed by atoms with van der Waals surface area (Å²) in [5, 5.41) is 0. The first-order valence-corrected chi connectivity index (χ1v) is 4.31. The van der Waals surface area contributed by atoms with Gasteiger partial charge in [0.15, 0.2) is 5.78 Å². The second-order valence-corrected chi connectivity index (χ2v) is 3.04. The van der Waals surface area contributed by atoms with Crippen LogP contribution in [0.25, 0.3) is 0 Å². The van der Waals surface area contributed by atoms with Crippen molar-refractivity contribution in [1.29, 1.82) is 0 Å². The third-order valence-corrected chi connectivity index (χ3v) is 2.04. The van der Waals surface area contributed by atoms with Gasteiger partial charge in [0, 0.05) is 5.92 Å². The van der Waals surface area contributed by atoms with Gasteiger partial charge in [-0.25, -0.2) is 4.39 Å². The van der Waals surface area contributed by atoms with Gasteiger partial charge < -0.3 is 0 Å². The van der Waals surface area contributed by atoms with E-state index in [1.165, 1.54) is 12.1 Å². The highest BCUT2D eigenvalue weighted by atomic mass is 19.1. The van der Waals surface area contributed by atoms with Crippen LogP contribution in [0.5, 0.6) is 0 Å². The van der Waals surface area contributed by atoms with Crippen LogP contribution in [0.3, 0.4) is 0 Å². The first-order valence-electron chi connectivity index (χ1n) is 4.31. The van der Waals surface area contributed by atoms with Gasteiger partial charge in [0.2, 0.25) is 0 Å². The average molecular weight is 181 g/mol. The number of ketones is 1. The lowest BCUT2D eigenvalue weighted by molar-refractivity contribution is 0.0922. The van der Waals surface area contributed by atoms with Crippen LogP contribution >= 0.6 is 0 Å². The normalized spacial score (nSPS) is 12.5. The lowest BCUT2D eigenvalue weighted by Crippen LogP contribution is -2.11. The topological polar surface area (TPSA) is 30.0 Å². The summed E-state index contributed by atoms with van der Waals surface area (Å²) >= 11 is 0. The summed E-state index contributed by atoms with van der Waals surface area (Å²) in [7, 11) is 0. The van der Waals surface area contributed by atoms with Gasteiger partial charge in [-0.2, -0.15) is 0 Å². The van der Waals surface area contributed by atoms with Crippen molar-refractivity contribution < 1.29 is 9.18 Å². The number of aromatic nitrogens is 1. The molecule has 0 spiro atoms. The van der Waals surface area contributed by atoms with Crippen LogP contribution in [0.1, 0.15) is 30.8 Å². The second-order valence-electron chi connectivity index (χ2n) is 3.04. The van der Waals surface area contributed by atoms with Crippen molar-refractivity contribution in [1.82, 2.24) is 4.98 Å². The lowest BCUT2D eigenvalue weighted by Gasteiger charge is -2.05. The molecule has 1 unspecified atom stereocenters.